The number of fused-ring (bicyclic) bond motifs is 4. The molecule has 0 radical (unpaired) electrons. The van der Waals surface area contributed by atoms with Gasteiger partial charge in [0, 0.05) is 19.6 Å². The number of aliphatic hydroxyl groups is 1. The second-order valence-corrected chi connectivity index (χ2v) is 10.1. The van der Waals surface area contributed by atoms with Crippen LogP contribution in [0.3, 0.4) is 0 Å². The lowest BCUT2D eigenvalue weighted by Crippen LogP contribution is -2.52. The first-order valence-electron chi connectivity index (χ1n) is 11.6. The van der Waals surface area contributed by atoms with E-state index < -0.39 is 45.7 Å². The number of hydrogen-bond acceptors (Lipinski definition) is 12. The minimum absolute atomic E-state index is 0.0217. The second kappa shape index (κ2) is 9.27. The van der Waals surface area contributed by atoms with Crippen LogP contribution in [0, 0.1) is 0 Å². The van der Waals surface area contributed by atoms with Gasteiger partial charge in [-0.2, -0.15) is 0 Å². The molecule has 1 spiro atoms. The molecule has 1 aromatic carbocycles. The Kier molecular flexibility index (Phi) is 6.18. The van der Waals surface area contributed by atoms with Gasteiger partial charge in [-0.05, 0) is 6.07 Å². The van der Waals surface area contributed by atoms with E-state index in [0.29, 0.717) is 28.8 Å². The Morgan fingerprint density at radius 3 is 2.86 bits per heavy atom. The lowest BCUT2D eigenvalue weighted by atomic mass is 9.69. The SMILES string of the molecule is Nc1ncnc2c1ncn2[C@@H]1O[C@H](COP(=O)(O)O)[C@H]2O[B@-]3(OCc4cccc(OCCCO)c43)O[C@H]21. The van der Waals surface area contributed by atoms with Crippen molar-refractivity contribution in [2.45, 2.75) is 37.6 Å². The number of hydrogen-bond donors (Lipinski definition) is 4. The lowest BCUT2D eigenvalue weighted by Gasteiger charge is -2.35. The quantitative estimate of drug-likeness (QED) is 0.160. The van der Waals surface area contributed by atoms with Gasteiger partial charge in [-0.3, -0.25) is 9.09 Å². The maximum atomic E-state index is 11.4. The molecule has 37 heavy (non-hydrogen) atoms. The minimum Gasteiger partial charge on any atom is -0.537 e. The minimum atomic E-state index is -4.79. The highest BCUT2D eigenvalue weighted by molar-refractivity contribution is 7.46. The fourth-order valence-corrected chi connectivity index (χ4v) is 5.38. The highest BCUT2D eigenvalue weighted by Gasteiger charge is 2.59. The average Bonchev–Trinajstić information content (AvgIpc) is 3.61. The van der Waals surface area contributed by atoms with Gasteiger partial charge in [-0.15, -0.1) is 0 Å². The molecule has 6 rings (SSSR count). The van der Waals surface area contributed by atoms with Crippen molar-refractivity contribution in [3.63, 3.8) is 0 Å². The molecule has 5 atom stereocenters. The molecular formula is C20H24BN5O10P-. The first kappa shape index (κ1) is 24.7. The number of nitrogens with zero attached hydrogens (tertiary/aromatic N) is 4. The molecule has 0 aliphatic carbocycles. The Labute approximate surface area is 209 Å². The van der Waals surface area contributed by atoms with Crippen LogP contribution in [0.2, 0.25) is 0 Å². The first-order valence-corrected chi connectivity index (χ1v) is 13.1. The third-order valence-corrected chi connectivity index (χ3v) is 7.04. The van der Waals surface area contributed by atoms with Gasteiger partial charge in [0.1, 0.15) is 17.9 Å². The Morgan fingerprint density at radius 1 is 1.22 bits per heavy atom. The fourth-order valence-electron chi connectivity index (χ4n) is 5.03. The number of rotatable bonds is 8. The van der Waals surface area contributed by atoms with Crippen LogP contribution in [0.15, 0.2) is 30.9 Å². The van der Waals surface area contributed by atoms with Crippen molar-refractivity contribution in [3.05, 3.63) is 36.4 Å². The zero-order valence-electron chi connectivity index (χ0n) is 19.3. The van der Waals surface area contributed by atoms with E-state index >= 15 is 0 Å². The summed E-state index contributed by atoms with van der Waals surface area (Å²) in [6.45, 7) is -2.52. The molecule has 0 amide bonds. The molecule has 0 bridgehead atoms. The maximum Gasteiger partial charge on any atom is 0.469 e. The van der Waals surface area contributed by atoms with E-state index in [2.05, 4.69) is 15.0 Å². The normalized spacial score (nSPS) is 28.7. The number of phosphoric acid groups is 1. The maximum absolute atomic E-state index is 11.4. The average molecular weight is 536 g/mol. The van der Waals surface area contributed by atoms with Crippen LogP contribution < -0.4 is 15.9 Å². The third kappa shape index (κ3) is 4.29. The fraction of sp³-hybridized carbons (Fsp3) is 0.450. The van der Waals surface area contributed by atoms with Gasteiger partial charge in [0.15, 0.2) is 17.7 Å². The van der Waals surface area contributed by atoms with E-state index in [4.69, 9.17) is 38.8 Å². The summed E-state index contributed by atoms with van der Waals surface area (Å²) in [6.07, 6.45) is -0.228. The molecule has 3 aliphatic rings. The number of aliphatic hydroxyl groups excluding tert-OH is 1. The Hall–Kier alpha value is -2.66. The van der Waals surface area contributed by atoms with Crippen LogP contribution in [0.5, 0.6) is 5.75 Å². The van der Waals surface area contributed by atoms with E-state index in [1.807, 2.05) is 12.1 Å². The van der Waals surface area contributed by atoms with Crippen molar-refractivity contribution in [2.24, 2.45) is 0 Å². The number of imidazole rings is 1. The Balaban J connectivity index is 1.37. The zero-order valence-corrected chi connectivity index (χ0v) is 20.2. The largest absolute Gasteiger partial charge is 0.537 e. The van der Waals surface area contributed by atoms with Crippen molar-refractivity contribution in [3.8, 4) is 5.75 Å². The molecule has 17 heteroatoms. The van der Waals surface area contributed by atoms with Crippen LogP contribution >= 0.6 is 7.82 Å². The van der Waals surface area contributed by atoms with E-state index in [9.17, 15) is 14.4 Å². The highest BCUT2D eigenvalue weighted by Crippen LogP contribution is 2.47. The molecule has 5 heterocycles. The van der Waals surface area contributed by atoms with Crippen LogP contribution in [0.25, 0.3) is 11.2 Å². The molecule has 198 valence electrons. The third-order valence-electron chi connectivity index (χ3n) is 6.55. The van der Waals surface area contributed by atoms with Gasteiger partial charge in [0.25, 0.3) is 0 Å². The van der Waals surface area contributed by atoms with Crippen molar-refractivity contribution >= 4 is 37.0 Å². The molecule has 2 saturated heterocycles. The summed E-state index contributed by atoms with van der Waals surface area (Å²) in [6, 6.07) is 5.46. The lowest BCUT2D eigenvalue weighted by molar-refractivity contribution is -0.0664. The predicted octanol–water partition coefficient (Wildman–Crippen LogP) is -0.663. The molecule has 2 aromatic heterocycles. The number of phosphoric ester groups is 1. The van der Waals surface area contributed by atoms with Crippen molar-refractivity contribution in [1.82, 2.24) is 19.5 Å². The summed E-state index contributed by atoms with van der Waals surface area (Å²) >= 11 is 0. The summed E-state index contributed by atoms with van der Waals surface area (Å²) in [7, 11) is -4.79. The zero-order chi connectivity index (χ0) is 25.8. The first-order chi connectivity index (χ1) is 17.8. The van der Waals surface area contributed by atoms with E-state index in [-0.39, 0.29) is 25.6 Å². The van der Waals surface area contributed by atoms with Gasteiger partial charge in [0.05, 0.1) is 37.5 Å². The number of benzene rings is 1. The molecule has 2 fully saturated rings. The van der Waals surface area contributed by atoms with E-state index in [1.165, 1.54) is 12.7 Å². The topological polar surface area (TPSA) is 203 Å². The van der Waals surface area contributed by atoms with Gasteiger partial charge >= 0.3 is 14.6 Å². The summed E-state index contributed by atoms with van der Waals surface area (Å²) in [5.41, 5.74) is 8.09. The summed E-state index contributed by atoms with van der Waals surface area (Å²) in [5.74, 6) is 0.680. The standard InChI is InChI=1S/C20H24BN5O10P/c22-18-15-19(24-9-23-18)26(10-25-15)20-17-16(13(34-20)8-33-37(28,29)30)35-21(36-17)14-11(7-32-21)3-1-4-12(14)31-6-2-5-27/h1,3-4,9-10,13,16-17,20,27H,2,5-8H2,(H2,22,23,24)(H2,28,29,30)/q-1/t13-,16-,17-,20-,21+/m1/s1. The summed E-state index contributed by atoms with van der Waals surface area (Å²) < 4.78 is 48.8. The molecule has 0 unspecified atom stereocenters. The molecule has 5 N–H and O–H groups in total. The molecule has 0 saturated carbocycles. The number of nitrogens with two attached hydrogens (primary N) is 1. The van der Waals surface area contributed by atoms with Gasteiger partial charge in [-0.25, -0.2) is 19.5 Å². The smallest absolute Gasteiger partial charge is 0.469 e. The van der Waals surface area contributed by atoms with Gasteiger partial charge < -0.3 is 44.1 Å². The van der Waals surface area contributed by atoms with Crippen LogP contribution in [-0.2, 0) is 34.4 Å². The van der Waals surface area contributed by atoms with Gasteiger partial charge in [0.2, 0.25) is 0 Å². The molecular weight excluding hydrogens is 512 g/mol. The van der Waals surface area contributed by atoms with Crippen LogP contribution in [0.4, 0.5) is 5.82 Å². The van der Waals surface area contributed by atoms with Crippen LogP contribution in [0.1, 0.15) is 18.2 Å². The van der Waals surface area contributed by atoms with Gasteiger partial charge in [-0.1, -0.05) is 23.2 Å². The molecule has 15 nitrogen and oxygen atoms in total. The van der Waals surface area contributed by atoms with E-state index in [1.54, 1.807) is 10.6 Å². The number of aromatic nitrogens is 4. The summed E-state index contributed by atoms with van der Waals surface area (Å²) in [4.78, 5) is 31.0. The number of anilines is 1. The van der Waals surface area contributed by atoms with Crippen molar-refractivity contribution in [1.29, 1.82) is 0 Å². The highest BCUT2D eigenvalue weighted by atomic mass is 31.2. The molecule has 3 aromatic rings. The Morgan fingerprint density at radius 2 is 2.05 bits per heavy atom. The Bertz CT molecular complexity index is 1370. The summed E-state index contributed by atoms with van der Waals surface area (Å²) in [5, 5.41) is 9.14. The second-order valence-electron chi connectivity index (χ2n) is 8.84. The predicted molar refractivity (Wildman–Crippen MR) is 125 cm³/mol. The number of ether oxygens (including phenoxy) is 2. The number of nitrogen functional groups attached to an aromatic ring is 1. The van der Waals surface area contributed by atoms with Crippen LogP contribution in [-0.4, -0.2) is 79.3 Å². The monoisotopic (exact) mass is 536 g/mol. The molecule has 3 aliphatic heterocycles. The van der Waals surface area contributed by atoms with Crippen molar-refractivity contribution < 1.29 is 47.4 Å². The van der Waals surface area contributed by atoms with Crippen molar-refractivity contribution in [2.75, 3.05) is 25.6 Å². The van der Waals surface area contributed by atoms with E-state index in [0.717, 1.165) is 5.56 Å².